The van der Waals surface area contributed by atoms with E-state index in [1.165, 1.54) is 16.7 Å². The SMILES string of the molecule is CC(N)c1cc2cccc(-c3cnn(C)c3)c2c(=O)n1-c1cccc(F)c1. The quantitative estimate of drug-likeness (QED) is 0.606. The standard InChI is InChI=1S/C21H19FN4O/c1-13(23)19-9-14-5-3-8-18(15-11-24-25(2)12-15)20(14)21(27)26(19)17-7-4-6-16(22)10-17/h3-13H,23H2,1-2H3. The summed E-state index contributed by atoms with van der Waals surface area (Å²) in [4.78, 5) is 13.5. The second-order valence-corrected chi connectivity index (χ2v) is 6.65. The lowest BCUT2D eigenvalue weighted by Crippen LogP contribution is -2.26. The highest BCUT2D eigenvalue weighted by molar-refractivity contribution is 5.96. The molecule has 1 atom stereocenters. The molecule has 0 spiro atoms. The minimum Gasteiger partial charge on any atom is -0.323 e. The highest BCUT2D eigenvalue weighted by atomic mass is 19.1. The van der Waals surface area contributed by atoms with Crippen molar-refractivity contribution in [1.29, 1.82) is 0 Å². The number of hydrogen-bond acceptors (Lipinski definition) is 3. The summed E-state index contributed by atoms with van der Waals surface area (Å²) in [5.74, 6) is -0.407. The molecule has 0 radical (unpaired) electrons. The number of halogens is 1. The Morgan fingerprint density at radius 3 is 2.59 bits per heavy atom. The van der Waals surface area contributed by atoms with E-state index in [0.717, 1.165) is 16.5 Å². The number of nitrogens with two attached hydrogens (primary N) is 1. The molecular formula is C21H19FN4O. The second-order valence-electron chi connectivity index (χ2n) is 6.65. The van der Waals surface area contributed by atoms with Crippen LogP contribution in [-0.4, -0.2) is 14.3 Å². The average Bonchev–Trinajstić information content (AvgIpc) is 3.07. The van der Waals surface area contributed by atoms with Crippen LogP contribution >= 0.6 is 0 Å². The van der Waals surface area contributed by atoms with Crippen molar-refractivity contribution in [2.45, 2.75) is 13.0 Å². The van der Waals surface area contributed by atoms with Crippen molar-refractivity contribution in [3.05, 3.63) is 82.8 Å². The molecule has 0 aliphatic heterocycles. The van der Waals surface area contributed by atoms with Gasteiger partial charge in [0.1, 0.15) is 5.82 Å². The first kappa shape index (κ1) is 17.2. The molecule has 0 aliphatic rings. The first-order valence-corrected chi connectivity index (χ1v) is 8.65. The largest absolute Gasteiger partial charge is 0.323 e. The third-order valence-electron chi connectivity index (χ3n) is 4.62. The molecule has 2 heterocycles. The summed E-state index contributed by atoms with van der Waals surface area (Å²) in [7, 11) is 1.83. The average molecular weight is 362 g/mol. The fraction of sp³-hybridized carbons (Fsp3) is 0.143. The van der Waals surface area contributed by atoms with E-state index in [1.807, 2.05) is 37.5 Å². The van der Waals surface area contributed by atoms with Crippen molar-refractivity contribution < 1.29 is 4.39 Å². The van der Waals surface area contributed by atoms with Crippen LogP contribution in [0.5, 0.6) is 0 Å². The van der Waals surface area contributed by atoms with Crippen molar-refractivity contribution in [3.63, 3.8) is 0 Å². The van der Waals surface area contributed by atoms with E-state index in [2.05, 4.69) is 5.10 Å². The monoisotopic (exact) mass is 362 g/mol. The molecule has 0 saturated carbocycles. The van der Waals surface area contributed by atoms with Crippen molar-refractivity contribution in [2.75, 3.05) is 0 Å². The molecule has 0 fully saturated rings. The molecule has 0 saturated heterocycles. The number of pyridine rings is 1. The molecule has 0 bridgehead atoms. The van der Waals surface area contributed by atoms with Gasteiger partial charge in [-0.25, -0.2) is 4.39 Å². The molecule has 6 heteroatoms. The molecule has 2 aromatic heterocycles. The van der Waals surface area contributed by atoms with Gasteiger partial charge in [0.25, 0.3) is 5.56 Å². The predicted molar refractivity (Wildman–Crippen MR) is 104 cm³/mol. The Morgan fingerprint density at radius 2 is 1.93 bits per heavy atom. The number of nitrogens with zero attached hydrogens (tertiary/aromatic N) is 3. The molecule has 1 unspecified atom stereocenters. The van der Waals surface area contributed by atoms with Crippen molar-refractivity contribution >= 4 is 10.8 Å². The molecule has 136 valence electrons. The van der Waals surface area contributed by atoms with Gasteiger partial charge in [-0.15, -0.1) is 0 Å². The van der Waals surface area contributed by atoms with Crippen LogP contribution in [0.1, 0.15) is 18.7 Å². The first-order valence-electron chi connectivity index (χ1n) is 8.65. The van der Waals surface area contributed by atoms with Crippen LogP contribution in [-0.2, 0) is 7.05 Å². The third kappa shape index (κ3) is 2.94. The summed E-state index contributed by atoms with van der Waals surface area (Å²) >= 11 is 0. The van der Waals surface area contributed by atoms with Crippen molar-refractivity contribution in [2.24, 2.45) is 12.8 Å². The minimum atomic E-state index is -0.407. The van der Waals surface area contributed by atoms with E-state index < -0.39 is 11.9 Å². The van der Waals surface area contributed by atoms with E-state index in [1.54, 1.807) is 29.9 Å². The van der Waals surface area contributed by atoms with Gasteiger partial charge in [0.15, 0.2) is 0 Å². The van der Waals surface area contributed by atoms with Gasteiger partial charge in [-0.1, -0.05) is 24.3 Å². The van der Waals surface area contributed by atoms with Gasteiger partial charge in [0.2, 0.25) is 0 Å². The maximum atomic E-state index is 13.8. The Morgan fingerprint density at radius 1 is 1.15 bits per heavy atom. The molecule has 0 aliphatic carbocycles. The summed E-state index contributed by atoms with van der Waals surface area (Å²) in [6.45, 7) is 1.81. The normalized spacial score (nSPS) is 12.4. The van der Waals surface area contributed by atoms with E-state index in [4.69, 9.17) is 5.73 Å². The van der Waals surface area contributed by atoms with Crippen molar-refractivity contribution in [3.8, 4) is 16.8 Å². The zero-order chi connectivity index (χ0) is 19.1. The van der Waals surface area contributed by atoms with E-state index in [-0.39, 0.29) is 5.56 Å². The topological polar surface area (TPSA) is 65.8 Å². The van der Waals surface area contributed by atoms with Gasteiger partial charge in [-0.05, 0) is 42.1 Å². The second kappa shape index (κ2) is 6.48. The van der Waals surface area contributed by atoms with Gasteiger partial charge >= 0.3 is 0 Å². The highest BCUT2D eigenvalue weighted by Gasteiger charge is 2.17. The molecule has 4 rings (SSSR count). The summed E-state index contributed by atoms with van der Waals surface area (Å²) in [6, 6.07) is 13.2. The molecule has 2 aromatic carbocycles. The zero-order valence-electron chi connectivity index (χ0n) is 15.1. The summed E-state index contributed by atoms with van der Waals surface area (Å²) in [5.41, 5.74) is 8.62. The van der Waals surface area contributed by atoms with E-state index in [0.29, 0.717) is 16.8 Å². The summed E-state index contributed by atoms with van der Waals surface area (Å²) in [6.07, 6.45) is 3.58. The highest BCUT2D eigenvalue weighted by Crippen LogP contribution is 2.28. The van der Waals surface area contributed by atoms with Gasteiger partial charge < -0.3 is 5.73 Å². The zero-order valence-corrected chi connectivity index (χ0v) is 15.1. The Kier molecular flexibility index (Phi) is 4.12. The Bertz CT molecular complexity index is 1210. The number of fused-ring (bicyclic) bond motifs is 1. The maximum absolute atomic E-state index is 13.8. The van der Waals surface area contributed by atoms with Crippen molar-refractivity contribution in [1.82, 2.24) is 14.3 Å². The van der Waals surface area contributed by atoms with Crippen LogP contribution in [0.3, 0.4) is 0 Å². The van der Waals surface area contributed by atoms with Gasteiger partial charge in [0, 0.05) is 30.5 Å². The number of aromatic nitrogens is 3. The molecule has 5 nitrogen and oxygen atoms in total. The van der Waals surface area contributed by atoms with Gasteiger partial charge in [-0.3, -0.25) is 14.0 Å². The molecule has 0 amide bonds. The summed E-state index contributed by atoms with van der Waals surface area (Å²) < 4.78 is 17.0. The fourth-order valence-electron chi connectivity index (χ4n) is 3.40. The lowest BCUT2D eigenvalue weighted by atomic mass is 10.00. The predicted octanol–water partition coefficient (Wildman–Crippen LogP) is 3.55. The molecule has 4 aromatic rings. The smallest absolute Gasteiger partial charge is 0.263 e. The lowest BCUT2D eigenvalue weighted by molar-refractivity contribution is 0.625. The molecule has 2 N–H and O–H groups in total. The number of benzene rings is 2. The van der Waals surface area contributed by atoms with Crippen LogP contribution < -0.4 is 11.3 Å². The first-order chi connectivity index (χ1) is 13.0. The Hall–Kier alpha value is -3.25. The van der Waals surface area contributed by atoms with E-state index in [9.17, 15) is 9.18 Å². The Labute approximate surface area is 155 Å². The maximum Gasteiger partial charge on any atom is 0.263 e. The fourth-order valence-corrected chi connectivity index (χ4v) is 3.40. The summed E-state index contributed by atoms with van der Waals surface area (Å²) in [5, 5.41) is 5.55. The lowest BCUT2D eigenvalue weighted by Gasteiger charge is -2.18. The Balaban J connectivity index is 2.12. The number of hydrogen-bond donors (Lipinski definition) is 1. The van der Waals surface area contributed by atoms with Crippen LogP contribution in [0.25, 0.3) is 27.6 Å². The number of rotatable bonds is 3. The van der Waals surface area contributed by atoms with Crippen LogP contribution in [0.4, 0.5) is 4.39 Å². The van der Waals surface area contributed by atoms with Gasteiger partial charge in [-0.2, -0.15) is 5.10 Å². The van der Waals surface area contributed by atoms with Gasteiger partial charge in [0.05, 0.1) is 17.3 Å². The van der Waals surface area contributed by atoms with E-state index >= 15 is 0 Å². The van der Waals surface area contributed by atoms with Crippen LogP contribution in [0, 0.1) is 5.82 Å². The van der Waals surface area contributed by atoms with Crippen LogP contribution in [0.15, 0.2) is 65.7 Å². The minimum absolute atomic E-state index is 0.232. The number of aryl methyl sites for hydroxylation is 1. The third-order valence-corrected chi connectivity index (χ3v) is 4.62. The van der Waals surface area contributed by atoms with Crippen LogP contribution in [0.2, 0.25) is 0 Å². The molecule has 27 heavy (non-hydrogen) atoms. The molecular weight excluding hydrogens is 343 g/mol.